The van der Waals surface area contributed by atoms with Crippen molar-refractivity contribution in [3.63, 3.8) is 0 Å². The van der Waals surface area contributed by atoms with E-state index in [9.17, 15) is 9.59 Å². The summed E-state index contributed by atoms with van der Waals surface area (Å²) in [6, 6.07) is 0. The fourth-order valence-electron chi connectivity index (χ4n) is 0.915. The first-order valence-corrected chi connectivity index (χ1v) is 11.8. The van der Waals surface area contributed by atoms with Gasteiger partial charge in [0.25, 0.3) is 0 Å². The third-order valence-corrected chi connectivity index (χ3v) is 5.60. The number of Topliss-reactive ketones (excluding diaryl/α,β-unsaturated/α-hetero) is 1. The van der Waals surface area contributed by atoms with E-state index in [2.05, 4.69) is 0 Å². The Morgan fingerprint density at radius 1 is 1.15 bits per heavy atom. The fraction of sp³-hybridized carbons (Fsp3) is 0.700. The van der Waals surface area contributed by atoms with Crippen molar-refractivity contribution in [3.8, 4) is 0 Å². The molecule has 0 atom stereocenters. The molecule has 0 aromatic rings. The Hall–Kier alpha value is -0.337. The van der Waals surface area contributed by atoms with Gasteiger partial charge in [0.1, 0.15) is 0 Å². The quantitative estimate of drug-likeness (QED) is 0.423. The van der Waals surface area contributed by atoms with Crippen molar-refractivity contribution in [1.29, 1.82) is 0 Å². The van der Waals surface area contributed by atoms with Crippen molar-refractivity contribution in [3.05, 3.63) is 4.41 Å². The van der Waals surface area contributed by atoms with E-state index in [1.165, 1.54) is 0 Å². The molecule has 0 aliphatic heterocycles. The minimum absolute atomic E-state index is 0.0324. The van der Waals surface area contributed by atoms with E-state index in [-0.39, 0.29) is 5.78 Å². The summed E-state index contributed by atoms with van der Waals surface area (Å²) < 4.78 is 0.438. The van der Waals surface area contributed by atoms with Gasteiger partial charge in [0, 0.05) is 0 Å². The van der Waals surface area contributed by atoms with Gasteiger partial charge < -0.3 is 0 Å². The molecule has 0 saturated carbocycles. The van der Waals surface area contributed by atoms with Gasteiger partial charge in [-0.1, -0.05) is 0 Å². The van der Waals surface area contributed by atoms with Crippen LogP contribution in [-0.4, -0.2) is 25.0 Å². The summed E-state index contributed by atoms with van der Waals surface area (Å²) in [5, 5.41) is 0. The van der Waals surface area contributed by atoms with E-state index >= 15 is 0 Å². The molecule has 0 aliphatic carbocycles. The second-order valence-corrected chi connectivity index (χ2v) is 15.8. The summed E-state index contributed by atoms with van der Waals surface area (Å²) in [6.45, 7) is 5.50. The molecule has 0 rings (SSSR count). The monoisotopic (exact) mass is 244 g/mol. The number of allylic oxidation sites excluding steroid dienone is 1. The van der Waals surface area contributed by atoms with Crippen molar-refractivity contribution in [1.82, 2.24) is 0 Å². The van der Waals surface area contributed by atoms with Crippen molar-refractivity contribution < 1.29 is 9.59 Å². The average molecular weight is 243 g/mol. The fourth-order valence-corrected chi connectivity index (χ4v) is 3.77. The summed E-state index contributed by atoms with van der Waals surface area (Å²) in [5.74, 6) is 7.91. The molecule has 2 nitrogen and oxygen atoms in total. The zero-order valence-electron chi connectivity index (χ0n) is 9.32. The van der Waals surface area contributed by atoms with Gasteiger partial charge in [0.2, 0.25) is 0 Å². The summed E-state index contributed by atoms with van der Waals surface area (Å²) in [4.78, 5) is 22.5. The number of carbonyl (C=O) groups excluding carboxylic acids is 2. The number of ketones is 1. The molecule has 0 aromatic carbocycles. The Labute approximate surface area is 82.8 Å². The van der Waals surface area contributed by atoms with Crippen molar-refractivity contribution in [2.45, 2.75) is 38.0 Å². The van der Waals surface area contributed by atoms with Crippen LogP contribution < -0.4 is 0 Å². The Kier molecular flexibility index (Phi) is 3.71. The third kappa shape index (κ3) is 3.49. The summed E-state index contributed by atoms with van der Waals surface area (Å²) in [6.07, 6.45) is 0. The second-order valence-electron chi connectivity index (χ2n) is 5.31. The zero-order chi connectivity index (χ0) is 10.9. The second kappa shape index (κ2) is 3.81. The molecule has 0 aromatic heterocycles. The van der Waals surface area contributed by atoms with E-state index in [1.54, 1.807) is 0 Å². The van der Waals surface area contributed by atoms with Crippen molar-refractivity contribution in [2.75, 3.05) is 0 Å². The van der Waals surface area contributed by atoms with Crippen LogP contribution in [-0.2, 0) is 9.59 Å². The standard InChI is InChI=1S/C10H18GeO2/c1-10(2,3)9(13)8(7-12)11(4,5)6/h1-6H3. The molecule has 0 heterocycles. The molecule has 0 saturated heterocycles. The normalized spacial score (nSPS) is 12.2. The van der Waals surface area contributed by atoms with Gasteiger partial charge >= 0.3 is 82.4 Å². The summed E-state index contributed by atoms with van der Waals surface area (Å²) >= 11 is -2.31. The number of hydrogen-bond donors (Lipinski definition) is 0. The molecule has 13 heavy (non-hydrogen) atoms. The molecule has 0 unspecified atom stereocenters. The van der Waals surface area contributed by atoms with Gasteiger partial charge in [0.15, 0.2) is 0 Å². The molecule has 0 N–H and O–H groups in total. The van der Waals surface area contributed by atoms with Crippen LogP contribution in [0.2, 0.25) is 17.3 Å². The van der Waals surface area contributed by atoms with Crippen LogP contribution in [0.3, 0.4) is 0 Å². The molecule has 0 fully saturated rings. The topological polar surface area (TPSA) is 34.1 Å². The van der Waals surface area contributed by atoms with Crippen molar-refractivity contribution >= 4 is 25.0 Å². The maximum atomic E-state index is 11.8. The predicted molar refractivity (Wildman–Crippen MR) is 57.0 cm³/mol. The summed E-state index contributed by atoms with van der Waals surface area (Å²) in [7, 11) is 0. The van der Waals surface area contributed by atoms with Crippen LogP contribution in [0.4, 0.5) is 0 Å². The molecule has 3 heteroatoms. The first kappa shape index (κ1) is 12.7. The number of rotatable bonds is 2. The van der Waals surface area contributed by atoms with Gasteiger partial charge in [-0.2, -0.15) is 0 Å². The Bertz CT molecular complexity index is 260. The van der Waals surface area contributed by atoms with Crippen molar-refractivity contribution in [2.24, 2.45) is 5.41 Å². The van der Waals surface area contributed by atoms with Crippen LogP contribution in [0.1, 0.15) is 20.8 Å². The third-order valence-electron chi connectivity index (χ3n) is 1.76. The molecule has 0 amide bonds. The van der Waals surface area contributed by atoms with Gasteiger partial charge in [0.05, 0.1) is 0 Å². The minimum atomic E-state index is -2.31. The van der Waals surface area contributed by atoms with E-state index < -0.39 is 18.7 Å². The maximum absolute atomic E-state index is 11.8. The SMILES string of the molecule is CC(C)(C)C(=O)[C](=C=O)[Ge]([CH3])([CH3])[CH3]. The Morgan fingerprint density at radius 3 is 1.62 bits per heavy atom. The number of hydrogen-bond acceptors (Lipinski definition) is 2. The zero-order valence-corrected chi connectivity index (χ0v) is 11.4. The van der Waals surface area contributed by atoms with Crippen LogP contribution >= 0.6 is 0 Å². The molecule has 0 radical (unpaired) electrons. The molecular formula is C10H18GeO2. The Morgan fingerprint density at radius 2 is 1.54 bits per heavy atom. The van der Waals surface area contributed by atoms with E-state index in [0.29, 0.717) is 4.41 Å². The molecular weight excluding hydrogens is 225 g/mol. The Balaban J connectivity index is 5.09. The van der Waals surface area contributed by atoms with Crippen LogP contribution in [0.15, 0.2) is 4.41 Å². The van der Waals surface area contributed by atoms with Gasteiger partial charge in [-0.3, -0.25) is 0 Å². The van der Waals surface area contributed by atoms with Gasteiger partial charge in [-0.25, -0.2) is 0 Å². The van der Waals surface area contributed by atoms with E-state index in [1.807, 2.05) is 44.0 Å². The van der Waals surface area contributed by atoms with Crippen LogP contribution in [0.5, 0.6) is 0 Å². The first-order chi connectivity index (χ1) is 5.60. The predicted octanol–water partition coefficient (Wildman–Crippen LogP) is 2.24. The first-order valence-electron chi connectivity index (χ1n) is 4.41. The van der Waals surface area contributed by atoms with Crippen LogP contribution in [0.25, 0.3) is 0 Å². The van der Waals surface area contributed by atoms with Gasteiger partial charge in [-0.15, -0.1) is 0 Å². The average Bonchev–Trinajstić information content (AvgIpc) is 1.83. The van der Waals surface area contributed by atoms with E-state index in [0.717, 1.165) is 0 Å². The molecule has 0 bridgehead atoms. The van der Waals surface area contributed by atoms with Gasteiger partial charge in [-0.05, 0) is 0 Å². The van der Waals surface area contributed by atoms with E-state index in [4.69, 9.17) is 0 Å². The van der Waals surface area contributed by atoms with Crippen LogP contribution in [0, 0.1) is 5.41 Å². The molecule has 0 spiro atoms. The summed E-state index contributed by atoms with van der Waals surface area (Å²) in [5.41, 5.74) is -0.453. The number of carbonyl (C=O) groups is 1. The molecule has 74 valence electrons. The molecule has 0 aliphatic rings.